The summed E-state index contributed by atoms with van der Waals surface area (Å²) in [4.78, 5) is 0. The number of rotatable bonds is 7. The molecule has 0 radical (unpaired) electrons. The minimum Gasteiger partial charge on any atom is -0.548 e. The first kappa shape index (κ1) is 12.8. The topological polar surface area (TPSA) is 9.23 Å². The fraction of sp³-hybridized carbons (Fsp3) is 0.818. The first-order valence-electron chi connectivity index (χ1n) is 5.32. The third-order valence-electron chi connectivity index (χ3n) is 2.08. The Hall–Kier alpha value is -0.243. The minimum absolute atomic E-state index is 0.882. The van der Waals surface area contributed by atoms with E-state index >= 15 is 0 Å². The molecule has 2 heteroatoms. The average molecular weight is 200 g/mol. The second kappa shape index (κ2) is 6.25. The first-order valence-corrected chi connectivity index (χ1v) is 8.44. The van der Waals surface area contributed by atoms with Crippen LogP contribution >= 0.6 is 0 Å². The molecule has 0 aliphatic heterocycles. The van der Waals surface area contributed by atoms with Crippen molar-refractivity contribution in [2.24, 2.45) is 0 Å². The van der Waals surface area contributed by atoms with Crippen LogP contribution in [0, 0.1) is 0 Å². The van der Waals surface area contributed by atoms with E-state index in [-0.39, 0.29) is 0 Å². The Balaban J connectivity index is 3.56. The lowest BCUT2D eigenvalue weighted by atomic mass is 10.2. The van der Waals surface area contributed by atoms with Gasteiger partial charge in [0.25, 0.3) is 0 Å². The molecule has 0 heterocycles. The Labute approximate surface area is 84.3 Å². The molecule has 0 aromatic heterocycles. The zero-order chi connectivity index (χ0) is 10.3. The van der Waals surface area contributed by atoms with Gasteiger partial charge in [0.2, 0.25) is 8.32 Å². The van der Waals surface area contributed by atoms with Crippen LogP contribution in [0.2, 0.25) is 19.1 Å². The molecule has 0 bridgehead atoms. The maximum absolute atomic E-state index is 5.76. The average Bonchev–Trinajstić information content (AvgIpc) is 1.95. The van der Waals surface area contributed by atoms with E-state index in [1.165, 1.54) is 31.7 Å². The van der Waals surface area contributed by atoms with Crippen LogP contribution in [0.3, 0.4) is 0 Å². The molecule has 0 aliphatic rings. The van der Waals surface area contributed by atoms with Crippen LogP contribution in [0.15, 0.2) is 12.3 Å². The van der Waals surface area contributed by atoms with Crippen LogP contribution in [0.1, 0.15) is 39.5 Å². The predicted octanol–water partition coefficient (Wildman–Crippen LogP) is 4.32. The standard InChI is InChI=1S/C11H24OSi/c1-6-7-8-9-10-13(4,5)12-11(2)3/h2,6-10H2,1,3-5H3. The van der Waals surface area contributed by atoms with Gasteiger partial charge in [-0.15, -0.1) is 0 Å². The molecule has 0 spiro atoms. The summed E-state index contributed by atoms with van der Waals surface area (Å²) >= 11 is 0. The molecule has 0 aliphatic carbocycles. The van der Waals surface area contributed by atoms with Crippen LogP contribution in [-0.4, -0.2) is 8.32 Å². The van der Waals surface area contributed by atoms with E-state index in [9.17, 15) is 0 Å². The zero-order valence-corrected chi connectivity index (χ0v) is 10.7. The Bertz CT molecular complexity index is 152. The van der Waals surface area contributed by atoms with E-state index in [0.29, 0.717) is 0 Å². The van der Waals surface area contributed by atoms with Gasteiger partial charge in [0, 0.05) is 0 Å². The highest BCUT2D eigenvalue weighted by atomic mass is 28.4. The molecule has 0 atom stereocenters. The molecule has 0 saturated carbocycles. The number of allylic oxidation sites excluding steroid dienone is 1. The SMILES string of the molecule is C=C(C)O[Si](C)(C)CCCCCC. The van der Waals surface area contributed by atoms with Crippen molar-refractivity contribution in [3.05, 3.63) is 12.3 Å². The van der Waals surface area contributed by atoms with E-state index < -0.39 is 8.32 Å². The lowest BCUT2D eigenvalue weighted by Crippen LogP contribution is -2.28. The van der Waals surface area contributed by atoms with Gasteiger partial charge in [-0.1, -0.05) is 39.2 Å². The van der Waals surface area contributed by atoms with E-state index in [4.69, 9.17) is 4.43 Å². The van der Waals surface area contributed by atoms with Crippen molar-refractivity contribution < 1.29 is 4.43 Å². The van der Waals surface area contributed by atoms with Crippen molar-refractivity contribution in [2.75, 3.05) is 0 Å². The molecule has 0 aromatic rings. The summed E-state index contributed by atoms with van der Waals surface area (Å²) in [6, 6.07) is 1.26. The van der Waals surface area contributed by atoms with Crippen molar-refractivity contribution in [1.82, 2.24) is 0 Å². The van der Waals surface area contributed by atoms with E-state index in [1.54, 1.807) is 0 Å². The summed E-state index contributed by atoms with van der Waals surface area (Å²) in [7, 11) is -1.42. The van der Waals surface area contributed by atoms with Gasteiger partial charge in [-0.3, -0.25) is 0 Å². The lowest BCUT2D eigenvalue weighted by molar-refractivity contribution is 0.417. The van der Waals surface area contributed by atoms with Gasteiger partial charge in [0.15, 0.2) is 0 Å². The number of hydrogen-bond donors (Lipinski definition) is 0. The largest absolute Gasteiger partial charge is 0.548 e. The monoisotopic (exact) mass is 200 g/mol. The fourth-order valence-electron chi connectivity index (χ4n) is 1.50. The van der Waals surface area contributed by atoms with E-state index in [1.807, 2.05) is 6.92 Å². The zero-order valence-electron chi connectivity index (χ0n) is 9.65. The molecule has 78 valence electrons. The summed E-state index contributed by atoms with van der Waals surface area (Å²) in [5, 5.41) is 0. The third-order valence-corrected chi connectivity index (χ3v) is 4.54. The highest BCUT2D eigenvalue weighted by molar-refractivity contribution is 6.71. The second-order valence-electron chi connectivity index (χ2n) is 4.37. The number of unbranched alkanes of at least 4 members (excludes halogenated alkanes) is 3. The maximum Gasteiger partial charge on any atom is 0.244 e. The van der Waals surface area contributed by atoms with Crippen molar-refractivity contribution in [2.45, 2.75) is 58.7 Å². The molecule has 0 rings (SSSR count). The minimum atomic E-state index is -1.42. The van der Waals surface area contributed by atoms with Gasteiger partial charge in [0.05, 0.1) is 5.76 Å². The van der Waals surface area contributed by atoms with Crippen LogP contribution in [0.4, 0.5) is 0 Å². The summed E-state index contributed by atoms with van der Waals surface area (Å²) in [6.07, 6.45) is 5.34. The molecule has 1 nitrogen and oxygen atoms in total. The molecule has 0 fully saturated rings. The van der Waals surface area contributed by atoms with Gasteiger partial charge >= 0.3 is 0 Å². The van der Waals surface area contributed by atoms with Gasteiger partial charge in [-0.05, 0) is 26.1 Å². The van der Waals surface area contributed by atoms with E-state index in [2.05, 4.69) is 26.6 Å². The molecule has 13 heavy (non-hydrogen) atoms. The second-order valence-corrected chi connectivity index (χ2v) is 8.60. The lowest BCUT2D eigenvalue weighted by Gasteiger charge is -2.23. The molecular weight excluding hydrogens is 176 g/mol. The maximum atomic E-state index is 5.76. The molecule has 0 aromatic carbocycles. The third kappa shape index (κ3) is 8.10. The van der Waals surface area contributed by atoms with Crippen molar-refractivity contribution in [1.29, 1.82) is 0 Å². The van der Waals surface area contributed by atoms with Gasteiger partial charge < -0.3 is 4.43 Å². The summed E-state index contributed by atoms with van der Waals surface area (Å²) in [5.41, 5.74) is 0. The van der Waals surface area contributed by atoms with E-state index in [0.717, 1.165) is 5.76 Å². The highest BCUT2D eigenvalue weighted by Gasteiger charge is 2.22. The van der Waals surface area contributed by atoms with Crippen LogP contribution in [0.5, 0.6) is 0 Å². The van der Waals surface area contributed by atoms with Crippen molar-refractivity contribution >= 4 is 8.32 Å². The van der Waals surface area contributed by atoms with Crippen LogP contribution < -0.4 is 0 Å². The normalized spacial score (nSPS) is 11.4. The van der Waals surface area contributed by atoms with Crippen molar-refractivity contribution in [3.8, 4) is 0 Å². The van der Waals surface area contributed by atoms with Crippen LogP contribution in [-0.2, 0) is 4.43 Å². The molecule has 0 saturated heterocycles. The Morgan fingerprint density at radius 3 is 2.31 bits per heavy atom. The highest BCUT2D eigenvalue weighted by Crippen LogP contribution is 2.18. The summed E-state index contributed by atoms with van der Waals surface area (Å²) in [5.74, 6) is 0.882. The number of hydrogen-bond acceptors (Lipinski definition) is 1. The molecule has 0 amide bonds. The van der Waals surface area contributed by atoms with Gasteiger partial charge in [0.1, 0.15) is 0 Å². The predicted molar refractivity (Wildman–Crippen MR) is 62.3 cm³/mol. The molecule has 0 unspecified atom stereocenters. The Morgan fingerprint density at radius 1 is 1.23 bits per heavy atom. The van der Waals surface area contributed by atoms with Gasteiger partial charge in [-0.25, -0.2) is 0 Å². The quantitative estimate of drug-likeness (QED) is 0.338. The molecule has 0 N–H and O–H groups in total. The summed E-state index contributed by atoms with van der Waals surface area (Å²) in [6.45, 7) is 12.5. The van der Waals surface area contributed by atoms with Gasteiger partial charge in [-0.2, -0.15) is 0 Å². The summed E-state index contributed by atoms with van der Waals surface area (Å²) < 4.78 is 5.76. The Morgan fingerprint density at radius 2 is 1.85 bits per heavy atom. The molecular formula is C11H24OSi. The fourth-order valence-corrected chi connectivity index (χ4v) is 3.65. The first-order chi connectivity index (χ1) is 5.98. The van der Waals surface area contributed by atoms with Crippen molar-refractivity contribution in [3.63, 3.8) is 0 Å². The van der Waals surface area contributed by atoms with Crippen LogP contribution in [0.25, 0.3) is 0 Å². The smallest absolute Gasteiger partial charge is 0.244 e. The Kier molecular flexibility index (Phi) is 6.13.